The number of benzene rings is 1. The van der Waals surface area contributed by atoms with Crippen LogP contribution in [0.15, 0.2) is 30.3 Å². The van der Waals surface area contributed by atoms with Gasteiger partial charge in [-0.15, -0.1) is 0 Å². The number of carboxylic acids is 1. The number of hydrogen-bond donors (Lipinski definition) is 1. The molecule has 0 saturated heterocycles. The third kappa shape index (κ3) is 3.08. The van der Waals surface area contributed by atoms with E-state index in [2.05, 4.69) is 4.74 Å². The van der Waals surface area contributed by atoms with Gasteiger partial charge in [0, 0.05) is 12.3 Å². The fourth-order valence-electron chi connectivity index (χ4n) is 1.79. The zero-order chi connectivity index (χ0) is 13.5. The Bertz CT molecular complexity index is 464. The highest BCUT2D eigenvalue weighted by molar-refractivity contribution is 5.95. The molecule has 18 heavy (non-hydrogen) atoms. The summed E-state index contributed by atoms with van der Waals surface area (Å²) in [5.41, 5.74) is 0.636. The molecule has 1 aromatic carbocycles. The predicted molar refractivity (Wildman–Crippen MR) is 62.6 cm³/mol. The second-order valence-electron chi connectivity index (χ2n) is 3.72. The number of esters is 1. The Labute approximate surface area is 105 Å². The Balaban J connectivity index is 3.14. The molecule has 0 saturated carbocycles. The number of carbonyl (C=O) groups is 2. The van der Waals surface area contributed by atoms with Crippen LogP contribution in [0.5, 0.6) is 0 Å². The van der Waals surface area contributed by atoms with Gasteiger partial charge in [-0.25, -0.2) is 0 Å². The Hall–Kier alpha value is -2.35. The van der Waals surface area contributed by atoms with Crippen LogP contribution in [-0.4, -0.2) is 24.2 Å². The molecule has 0 heterocycles. The molecule has 2 atom stereocenters. The molecule has 0 aromatic heterocycles. The van der Waals surface area contributed by atoms with E-state index in [0.29, 0.717) is 5.56 Å². The van der Waals surface area contributed by atoms with Crippen LogP contribution in [0.4, 0.5) is 0 Å². The Morgan fingerprint density at radius 3 is 2.44 bits per heavy atom. The van der Waals surface area contributed by atoms with Gasteiger partial charge in [-0.2, -0.15) is 5.26 Å². The number of nitriles is 1. The van der Waals surface area contributed by atoms with E-state index in [1.807, 2.05) is 6.07 Å². The predicted octanol–water partition coefficient (Wildman–Crippen LogP) is 1.56. The van der Waals surface area contributed by atoms with Crippen molar-refractivity contribution in [2.45, 2.75) is 12.3 Å². The van der Waals surface area contributed by atoms with E-state index in [0.717, 1.165) is 7.11 Å². The van der Waals surface area contributed by atoms with E-state index in [9.17, 15) is 9.59 Å². The quantitative estimate of drug-likeness (QED) is 0.630. The van der Waals surface area contributed by atoms with Gasteiger partial charge in [-0.3, -0.25) is 9.59 Å². The average Bonchev–Trinajstić information content (AvgIpc) is 2.38. The maximum absolute atomic E-state index is 11.5. The summed E-state index contributed by atoms with van der Waals surface area (Å²) in [5.74, 6) is -4.20. The van der Waals surface area contributed by atoms with E-state index in [4.69, 9.17) is 10.4 Å². The van der Waals surface area contributed by atoms with Crippen LogP contribution in [0.2, 0.25) is 0 Å². The summed E-state index contributed by atoms with van der Waals surface area (Å²) in [4.78, 5) is 22.7. The monoisotopic (exact) mass is 247 g/mol. The minimum Gasteiger partial charge on any atom is -0.481 e. The maximum atomic E-state index is 11.5. The molecule has 0 aliphatic rings. The van der Waals surface area contributed by atoms with Crippen LogP contribution in [-0.2, 0) is 14.3 Å². The summed E-state index contributed by atoms with van der Waals surface area (Å²) < 4.78 is 4.49. The fraction of sp³-hybridized carbons (Fsp3) is 0.308. The topological polar surface area (TPSA) is 87.4 Å². The van der Waals surface area contributed by atoms with Crippen LogP contribution in [0.1, 0.15) is 17.9 Å². The zero-order valence-corrected chi connectivity index (χ0v) is 9.87. The molecule has 0 spiro atoms. The molecule has 1 aromatic rings. The SMILES string of the molecule is COC(=O)C(C(=O)O)C(CC#N)c1ccccc1. The van der Waals surface area contributed by atoms with E-state index >= 15 is 0 Å². The molecule has 2 unspecified atom stereocenters. The summed E-state index contributed by atoms with van der Waals surface area (Å²) in [6.45, 7) is 0. The van der Waals surface area contributed by atoms with Crippen molar-refractivity contribution in [1.29, 1.82) is 5.26 Å². The standard InChI is InChI=1S/C13H13NO4/c1-18-13(17)11(12(15)16)10(7-8-14)9-5-3-2-4-6-9/h2-6,10-11H,7H2,1H3,(H,15,16). The number of nitrogens with zero attached hydrogens (tertiary/aromatic N) is 1. The van der Waals surface area contributed by atoms with Crippen molar-refractivity contribution < 1.29 is 19.4 Å². The Morgan fingerprint density at radius 2 is 2.00 bits per heavy atom. The summed E-state index contributed by atoms with van der Waals surface area (Å²) in [6, 6.07) is 10.5. The average molecular weight is 247 g/mol. The summed E-state index contributed by atoms with van der Waals surface area (Å²) in [7, 11) is 1.13. The van der Waals surface area contributed by atoms with Crippen molar-refractivity contribution in [3.63, 3.8) is 0 Å². The second kappa shape index (κ2) is 6.40. The molecule has 1 rings (SSSR count). The highest BCUT2D eigenvalue weighted by atomic mass is 16.5. The molecule has 0 aliphatic carbocycles. The van der Waals surface area contributed by atoms with E-state index in [-0.39, 0.29) is 6.42 Å². The largest absolute Gasteiger partial charge is 0.481 e. The number of hydrogen-bond acceptors (Lipinski definition) is 4. The lowest BCUT2D eigenvalue weighted by atomic mass is 9.84. The normalized spacial score (nSPS) is 13.1. The number of ether oxygens (including phenoxy) is 1. The van der Waals surface area contributed by atoms with Gasteiger partial charge in [0.25, 0.3) is 0 Å². The molecule has 5 nitrogen and oxygen atoms in total. The van der Waals surface area contributed by atoms with Crippen LogP contribution < -0.4 is 0 Å². The first-order valence-corrected chi connectivity index (χ1v) is 5.34. The number of aliphatic carboxylic acids is 1. The number of rotatable bonds is 5. The van der Waals surface area contributed by atoms with Gasteiger partial charge in [-0.05, 0) is 5.56 Å². The van der Waals surface area contributed by atoms with E-state index in [1.165, 1.54) is 0 Å². The lowest BCUT2D eigenvalue weighted by Gasteiger charge is -2.20. The van der Waals surface area contributed by atoms with Gasteiger partial charge in [0.15, 0.2) is 5.92 Å². The second-order valence-corrected chi connectivity index (χ2v) is 3.72. The van der Waals surface area contributed by atoms with Crippen molar-refractivity contribution in [1.82, 2.24) is 0 Å². The van der Waals surface area contributed by atoms with Crippen molar-refractivity contribution in [3.8, 4) is 6.07 Å². The molecule has 0 amide bonds. The summed E-state index contributed by atoms with van der Waals surface area (Å²) >= 11 is 0. The molecule has 0 radical (unpaired) electrons. The van der Waals surface area contributed by atoms with Gasteiger partial charge < -0.3 is 9.84 Å². The molecular weight excluding hydrogens is 234 g/mol. The van der Waals surface area contributed by atoms with Crippen LogP contribution in [0.25, 0.3) is 0 Å². The van der Waals surface area contributed by atoms with E-state index < -0.39 is 23.8 Å². The number of methoxy groups -OCH3 is 1. The van der Waals surface area contributed by atoms with Crippen LogP contribution in [0.3, 0.4) is 0 Å². The molecule has 0 aliphatic heterocycles. The van der Waals surface area contributed by atoms with Crippen molar-refractivity contribution in [2.24, 2.45) is 5.92 Å². The van der Waals surface area contributed by atoms with Crippen molar-refractivity contribution in [2.75, 3.05) is 7.11 Å². The van der Waals surface area contributed by atoms with Crippen molar-refractivity contribution >= 4 is 11.9 Å². The van der Waals surface area contributed by atoms with Gasteiger partial charge in [0.1, 0.15) is 0 Å². The first-order valence-electron chi connectivity index (χ1n) is 5.34. The molecular formula is C13H13NO4. The Morgan fingerprint density at radius 1 is 1.39 bits per heavy atom. The van der Waals surface area contributed by atoms with Crippen LogP contribution in [0, 0.1) is 17.2 Å². The third-order valence-corrected chi connectivity index (χ3v) is 2.66. The molecule has 0 bridgehead atoms. The maximum Gasteiger partial charge on any atom is 0.320 e. The Kier molecular flexibility index (Phi) is 4.88. The fourth-order valence-corrected chi connectivity index (χ4v) is 1.79. The van der Waals surface area contributed by atoms with E-state index in [1.54, 1.807) is 30.3 Å². The van der Waals surface area contributed by atoms with Gasteiger partial charge in [0.05, 0.1) is 13.2 Å². The van der Waals surface area contributed by atoms with Gasteiger partial charge in [-0.1, -0.05) is 30.3 Å². The summed E-state index contributed by atoms with van der Waals surface area (Å²) in [6.07, 6.45) is -0.0594. The van der Waals surface area contributed by atoms with Gasteiger partial charge in [0.2, 0.25) is 0 Å². The highest BCUT2D eigenvalue weighted by Crippen LogP contribution is 2.29. The molecule has 0 fully saturated rings. The number of carboxylic acid groups (broad SMARTS) is 1. The third-order valence-electron chi connectivity index (χ3n) is 2.66. The smallest absolute Gasteiger partial charge is 0.320 e. The first kappa shape index (κ1) is 13.7. The number of carbonyl (C=O) groups excluding carboxylic acids is 1. The van der Waals surface area contributed by atoms with Crippen molar-refractivity contribution in [3.05, 3.63) is 35.9 Å². The molecule has 94 valence electrons. The minimum atomic E-state index is -1.36. The van der Waals surface area contributed by atoms with Crippen LogP contribution >= 0.6 is 0 Å². The molecule has 5 heteroatoms. The summed E-state index contributed by atoms with van der Waals surface area (Å²) in [5, 5.41) is 17.9. The lowest BCUT2D eigenvalue weighted by molar-refractivity contribution is -0.157. The molecule has 1 N–H and O–H groups in total. The van der Waals surface area contributed by atoms with Gasteiger partial charge >= 0.3 is 11.9 Å². The first-order chi connectivity index (χ1) is 8.61. The lowest BCUT2D eigenvalue weighted by Crippen LogP contribution is -2.31. The minimum absolute atomic E-state index is 0.0594. The zero-order valence-electron chi connectivity index (χ0n) is 9.87. The highest BCUT2D eigenvalue weighted by Gasteiger charge is 2.36.